The number of carbonyl (C=O) groups is 1. The maximum Gasteiger partial charge on any atom is 0.224 e. The maximum absolute atomic E-state index is 11.4. The highest BCUT2D eigenvalue weighted by atomic mass is 16.1. The fourth-order valence-electron chi connectivity index (χ4n) is 1.68. The van der Waals surface area contributed by atoms with Gasteiger partial charge in [-0.2, -0.15) is 0 Å². The van der Waals surface area contributed by atoms with Gasteiger partial charge >= 0.3 is 0 Å². The second-order valence-electron chi connectivity index (χ2n) is 3.79. The molecule has 0 spiro atoms. The number of aromatic nitrogens is 1. The van der Waals surface area contributed by atoms with Crippen LogP contribution in [-0.4, -0.2) is 10.9 Å². The molecule has 0 unspecified atom stereocenters. The lowest BCUT2D eigenvalue weighted by atomic mass is 10.1. The first-order valence-corrected chi connectivity index (χ1v) is 5.36. The van der Waals surface area contributed by atoms with E-state index in [-0.39, 0.29) is 5.91 Å². The molecule has 3 heteroatoms. The first-order chi connectivity index (χ1) is 7.70. The van der Waals surface area contributed by atoms with Crippen LogP contribution in [0.25, 0.3) is 10.9 Å². The van der Waals surface area contributed by atoms with Crippen molar-refractivity contribution in [1.29, 1.82) is 0 Å². The second kappa shape index (κ2) is 4.31. The molecule has 0 bridgehead atoms. The van der Waals surface area contributed by atoms with E-state index in [4.69, 9.17) is 0 Å². The number of fused-ring (bicyclic) bond motifs is 1. The normalized spacial score (nSPS) is 10.4. The summed E-state index contributed by atoms with van der Waals surface area (Å²) in [6, 6.07) is 7.90. The van der Waals surface area contributed by atoms with Gasteiger partial charge in [0.2, 0.25) is 5.91 Å². The van der Waals surface area contributed by atoms with E-state index in [1.165, 1.54) is 0 Å². The van der Waals surface area contributed by atoms with Crippen molar-refractivity contribution < 1.29 is 4.79 Å². The minimum Gasteiger partial charge on any atom is -0.324 e. The van der Waals surface area contributed by atoms with E-state index in [9.17, 15) is 4.79 Å². The van der Waals surface area contributed by atoms with E-state index in [0.717, 1.165) is 22.2 Å². The smallest absolute Gasteiger partial charge is 0.224 e. The van der Waals surface area contributed by atoms with Crippen molar-refractivity contribution in [2.75, 3.05) is 5.32 Å². The number of rotatable bonds is 2. The molecule has 0 aliphatic heterocycles. The Balaban J connectivity index is 2.54. The minimum atomic E-state index is 0.0116. The summed E-state index contributed by atoms with van der Waals surface area (Å²) in [6.07, 6.45) is 2.21. The molecule has 82 valence electrons. The Kier molecular flexibility index (Phi) is 2.86. The number of amides is 1. The van der Waals surface area contributed by atoms with Gasteiger partial charge in [-0.05, 0) is 30.7 Å². The summed E-state index contributed by atoms with van der Waals surface area (Å²) in [5.74, 6) is 0.0116. The molecule has 0 aliphatic rings. The number of anilines is 1. The monoisotopic (exact) mass is 214 g/mol. The number of pyridine rings is 1. The highest BCUT2D eigenvalue weighted by Gasteiger charge is 2.05. The molecular weight excluding hydrogens is 200 g/mol. The van der Waals surface area contributed by atoms with Crippen molar-refractivity contribution in [3.05, 3.63) is 36.0 Å². The molecule has 1 aromatic carbocycles. The van der Waals surface area contributed by atoms with Gasteiger partial charge in [0.25, 0.3) is 0 Å². The number of benzene rings is 1. The van der Waals surface area contributed by atoms with Gasteiger partial charge in [-0.25, -0.2) is 0 Å². The molecule has 3 nitrogen and oxygen atoms in total. The molecule has 1 amide bonds. The first-order valence-electron chi connectivity index (χ1n) is 5.36. The molecule has 0 aliphatic carbocycles. The summed E-state index contributed by atoms with van der Waals surface area (Å²) in [5.41, 5.74) is 2.75. The van der Waals surface area contributed by atoms with Crippen LogP contribution in [0.15, 0.2) is 30.5 Å². The number of hydrogen-bond donors (Lipinski definition) is 1. The summed E-state index contributed by atoms with van der Waals surface area (Å²) in [7, 11) is 0. The van der Waals surface area contributed by atoms with Crippen molar-refractivity contribution >= 4 is 22.5 Å². The van der Waals surface area contributed by atoms with Gasteiger partial charge in [-0.1, -0.05) is 13.0 Å². The van der Waals surface area contributed by atoms with Crippen molar-refractivity contribution in [2.45, 2.75) is 20.3 Å². The zero-order chi connectivity index (χ0) is 11.5. The predicted molar refractivity (Wildman–Crippen MR) is 65.4 cm³/mol. The number of aryl methyl sites for hydroxylation is 1. The highest BCUT2D eigenvalue weighted by molar-refractivity contribution is 6.00. The molecule has 1 heterocycles. The quantitative estimate of drug-likeness (QED) is 0.835. The second-order valence-corrected chi connectivity index (χ2v) is 3.79. The largest absolute Gasteiger partial charge is 0.324 e. The molecule has 0 atom stereocenters. The van der Waals surface area contributed by atoms with Crippen LogP contribution in [-0.2, 0) is 4.79 Å². The van der Waals surface area contributed by atoms with Crippen LogP contribution in [0.5, 0.6) is 0 Å². The number of nitrogens with zero attached hydrogens (tertiary/aromatic N) is 1. The molecule has 0 fully saturated rings. The third-order valence-electron chi connectivity index (χ3n) is 2.44. The summed E-state index contributed by atoms with van der Waals surface area (Å²) in [4.78, 5) is 15.7. The lowest BCUT2D eigenvalue weighted by Crippen LogP contribution is -2.10. The third-order valence-corrected chi connectivity index (χ3v) is 2.44. The van der Waals surface area contributed by atoms with Gasteiger partial charge in [-0.15, -0.1) is 0 Å². The molecule has 16 heavy (non-hydrogen) atoms. The van der Waals surface area contributed by atoms with Crippen molar-refractivity contribution in [1.82, 2.24) is 4.98 Å². The topological polar surface area (TPSA) is 42.0 Å². The molecule has 2 aromatic rings. The highest BCUT2D eigenvalue weighted by Crippen LogP contribution is 2.23. The van der Waals surface area contributed by atoms with Gasteiger partial charge in [-0.3, -0.25) is 9.78 Å². The van der Waals surface area contributed by atoms with E-state index in [1.807, 2.05) is 32.0 Å². The van der Waals surface area contributed by atoms with E-state index in [1.54, 1.807) is 6.20 Å². The van der Waals surface area contributed by atoms with E-state index < -0.39 is 0 Å². The standard InChI is InChI=1S/C13H14N2O/c1-3-12(16)15-11-8-9(2)7-10-5-4-6-14-13(10)11/h4-8H,3H2,1-2H3,(H,15,16). The number of hydrogen-bond acceptors (Lipinski definition) is 2. The molecular formula is C13H14N2O. The van der Waals surface area contributed by atoms with E-state index >= 15 is 0 Å². The van der Waals surface area contributed by atoms with Gasteiger partial charge in [0, 0.05) is 18.0 Å². The number of carbonyl (C=O) groups excluding carboxylic acids is 1. The zero-order valence-electron chi connectivity index (χ0n) is 9.45. The lowest BCUT2D eigenvalue weighted by Gasteiger charge is -2.08. The fraction of sp³-hybridized carbons (Fsp3) is 0.231. The van der Waals surface area contributed by atoms with Crippen LogP contribution >= 0.6 is 0 Å². The average molecular weight is 214 g/mol. The minimum absolute atomic E-state index is 0.0116. The van der Waals surface area contributed by atoms with Crippen molar-refractivity contribution in [2.24, 2.45) is 0 Å². The fourth-order valence-corrected chi connectivity index (χ4v) is 1.68. The van der Waals surface area contributed by atoms with Gasteiger partial charge in [0.1, 0.15) is 0 Å². The van der Waals surface area contributed by atoms with Crippen LogP contribution in [0, 0.1) is 6.92 Å². The van der Waals surface area contributed by atoms with Crippen LogP contribution < -0.4 is 5.32 Å². The van der Waals surface area contributed by atoms with E-state index in [0.29, 0.717) is 6.42 Å². The molecule has 0 saturated carbocycles. The summed E-state index contributed by atoms with van der Waals surface area (Å²) >= 11 is 0. The van der Waals surface area contributed by atoms with Gasteiger partial charge < -0.3 is 5.32 Å². The van der Waals surface area contributed by atoms with Gasteiger partial charge in [0.15, 0.2) is 0 Å². The summed E-state index contributed by atoms with van der Waals surface area (Å²) in [5, 5.41) is 3.92. The molecule has 0 radical (unpaired) electrons. The molecule has 1 N–H and O–H groups in total. The first kappa shape index (κ1) is 10.6. The maximum atomic E-state index is 11.4. The Hall–Kier alpha value is -1.90. The Morgan fingerprint density at radius 3 is 3.00 bits per heavy atom. The van der Waals surface area contributed by atoms with E-state index in [2.05, 4.69) is 16.4 Å². The Morgan fingerprint density at radius 2 is 2.25 bits per heavy atom. The summed E-state index contributed by atoms with van der Waals surface area (Å²) < 4.78 is 0. The van der Waals surface area contributed by atoms with Gasteiger partial charge in [0.05, 0.1) is 11.2 Å². The molecule has 1 aromatic heterocycles. The molecule has 0 saturated heterocycles. The average Bonchev–Trinajstić information content (AvgIpc) is 2.28. The van der Waals surface area contributed by atoms with Crippen LogP contribution in [0.1, 0.15) is 18.9 Å². The van der Waals surface area contributed by atoms with Crippen LogP contribution in [0.2, 0.25) is 0 Å². The molecule has 2 rings (SSSR count). The predicted octanol–water partition coefficient (Wildman–Crippen LogP) is 2.89. The lowest BCUT2D eigenvalue weighted by molar-refractivity contribution is -0.115. The van der Waals surface area contributed by atoms with Crippen LogP contribution in [0.3, 0.4) is 0 Å². The Bertz CT molecular complexity index is 534. The van der Waals surface area contributed by atoms with Crippen molar-refractivity contribution in [3.63, 3.8) is 0 Å². The SMILES string of the molecule is CCC(=O)Nc1cc(C)cc2cccnc12. The Labute approximate surface area is 94.5 Å². The van der Waals surface area contributed by atoms with Crippen LogP contribution in [0.4, 0.5) is 5.69 Å². The third kappa shape index (κ3) is 2.03. The Morgan fingerprint density at radius 1 is 1.44 bits per heavy atom. The summed E-state index contributed by atoms with van der Waals surface area (Å²) in [6.45, 7) is 3.84. The zero-order valence-corrected chi connectivity index (χ0v) is 9.45. The number of nitrogens with one attached hydrogen (secondary N) is 1. The van der Waals surface area contributed by atoms with Crippen molar-refractivity contribution in [3.8, 4) is 0 Å².